The molecule has 1 aliphatic rings. The van der Waals surface area contributed by atoms with Crippen molar-refractivity contribution in [2.24, 2.45) is 17.1 Å². The standard InChI is InChI=1S/C14H28N2O/c1-11(13(2,3)4)10-16-12(17)14(15)8-6-5-7-9-14/h11H,5-10,15H2,1-4H3,(H,16,17). The first kappa shape index (κ1) is 14.5. The van der Waals surface area contributed by atoms with E-state index in [9.17, 15) is 4.79 Å². The second-order valence-electron chi connectivity index (χ2n) is 6.69. The smallest absolute Gasteiger partial charge is 0.240 e. The maximum absolute atomic E-state index is 12.1. The first-order valence-corrected chi connectivity index (χ1v) is 6.83. The normalized spacial score (nSPS) is 21.9. The number of carbonyl (C=O) groups excluding carboxylic acids is 1. The van der Waals surface area contributed by atoms with Crippen molar-refractivity contribution in [3.63, 3.8) is 0 Å². The monoisotopic (exact) mass is 240 g/mol. The molecule has 3 heteroatoms. The van der Waals surface area contributed by atoms with Gasteiger partial charge in [0.15, 0.2) is 0 Å². The van der Waals surface area contributed by atoms with Crippen LogP contribution in [0.4, 0.5) is 0 Å². The minimum Gasteiger partial charge on any atom is -0.354 e. The summed E-state index contributed by atoms with van der Waals surface area (Å²) in [6.45, 7) is 9.49. The summed E-state index contributed by atoms with van der Waals surface area (Å²) in [5.74, 6) is 0.506. The quantitative estimate of drug-likeness (QED) is 0.796. The largest absolute Gasteiger partial charge is 0.354 e. The third kappa shape index (κ3) is 3.98. The van der Waals surface area contributed by atoms with Crippen molar-refractivity contribution < 1.29 is 4.79 Å². The number of nitrogens with one attached hydrogen (secondary N) is 1. The Hall–Kier alpha value is -0.570. The molecule has 1 fully saturated rings. The summed E-state index contributed by atoms with van der Waals surface area (Å²) in [5.41, 5.74) is 5.81. The predicted octanol–water partition coefficient (Wildman–Crippen LogP) is 2.45. The molecule has 1 saturated carbocycles. The number of hydrogen-bond acceptors (Lipinski definition) is 2. The first-order valence-electron chi connectivity index (χ1n) is 6.83. The van der Waals surface area contributed by atoms with Crippen LogP contribution >= 0.6 is 0 Å². The zero-order valence-electron chi connectivity index (χ0n) is 11.8. The molecule has 0 aliphatic heterocycles. The summed E-state index contributed by atoms with van der Waals surface area (Å²) in [6.07, 6.45) is 5.05. The molecule has 1 atom stereocenters. The van der Waals surface area contributed by atoms with Crippen LogP contribution in [0.15, 0.2) is 0 Å². The molecule has 100 valence electrons. The molecule has 3 nitrogen and oxygen atoms in total. The molecule has 1 rings (SSSR count). The van der Waals surface area contributed by atoms with Gasteiger partial charge in [-0.25, -0.2) is 0 Å². The van der Waals surface area contributed by atoms with Crippen LogP contribution in [0, 0.1) is 11.3 Å². The topological polar surface area (TPSA) is 55.1 Å². The molecule has 1 unspecified atom stereocenters. The first-order chi connectivity index (χ1) is 7.76. The van der Waals surface area contributed by atoms with Crippen molar-refractivity contribution in [2.45, 2.75) is 65.3 Å². The van der Waals surface area contributed by atoms with E-state index in [2.05, 4.69) is 33.0 Å². The Kier molecular flexibility index (Phi) is 4.59. The van der Waals surface area contributed by atoms with Crippen LogP contribution in [0.3, 0.4) is 0 Å². The van der Waals surface area contributed by atoms with Crippen molar-refractivity contribution >= 4 is 5.91 Å². The molecular weight excluding hydrogens is 212 g/mol. The lowest BCUT2D eigenvalue weighted by Gasteiger charge is -2.33. The van der Waals surface area contributed by atoms with Gasteiger partial charge in [-0.15, -0.1) is 0 Å². The zero-order valence-corrected chi connectivity index (χ0v) is 11.8. The van der Waals surface area contributed by atoms with Crippen molar-refractivity contribution in [3.8, 4) is 0 Å². The fourth-order valence-corrected chi connectivity index (χ4v) is 2.14. The van der Waals surface area contributed by atoms with Gasteiger partial charge in [-0.2, -0.15) is 0 Å². The highest BCUT2D eigenvalue weighted by Gasteiger charge is 2.35. The Labute approximate surface area is 106 Å². The van der Waals surface area contributed by atoms with Crippen molar-refractivity contribution in [1.82, 2.24) is 5.32 Å². The summed E-state index contributed by atoms with van der Waals surface area (Å²) in [7, 11) is 0. The van der Waals surface area contributed by atoms with Gasteiger partial charge in [0.25, 0.3) is 0 Å². The summed E-state index contributed by atoms with van der Waals surface area (Å²) in [6, 6.07) is 0. The fraction of sp³-hybridized carbons (Fsp3) is 0.929. The van der Waals surface area contributed by atoms with Crippen molar-refractivity contribution in [2.75, 3.05) is 6.54 Å². The SMILES string of the molecule is CC(CNC(=O)C1(N)CCCCC1)C(C)(C)C. The van der Waals surface area contributed by atoms with Crippen molar-refractivity contribution in [1.29, 1.82) is 0 Å². The van der Waals surface area contributed by atoms with E-state index in [0.29, 0.717) is 5.92 Å². The second kappa shape index (κ2) is 5.38. The molecule has 1 amide bonds. The van der Waals surface area contributed by atoms with E-state index >= 15 is 0 Å². The Morgan fingerprint density at radius 2 is 1.82 bits per heavy atom. The lowest BCUT2D eigenvalue weighted by molar-refractivity contribution is -0.127. The maximum atomic E-state index is 12.1. The Balaban J connectivity index is 2.44. The molecule has 0 heterocycles. The Morgan fingerprint density at radius 1 is 1.29 bits per heavy atom. The van der Waals surface area contributed by atoms with Crippen LogP contribution in [0.2, 0.25) is 0 Å². The van der Waals surface area contributed by atoms with Crippen LogP contribution in [0.5, 0.6) is 0 Å². The van der Waals surface area contributed by atoms with E-state index in [4.69, 9.17) is 5.73 Å². The van der Waals surface area contributed by atoms with Crippen LogP contribution in [0.25, 0.3) is 0 Å². The third-order valence-electron chi connectivity index (χ3n) is 4.25. The number of carbonyl (C=O) groups is 1. The van der Waals surface area contributed by atoms with Gasteiger partial charge in [-0.3, -0.25) is 4.79 Å². The lowest BCUT2D eigenvalue weighted by Crippen LogP contribution is -2.55. The van der Waals surface area contributed by atoms with Gasteiger partial charge in [-0.1, -0.05) is 47.0 Å². The number of hydrogen-bond donors (Lipinski definition) is 2. The van der Waals surface area contributed by atoms with E-state index in [1.54, 1.807) is 0 Å². The highest BCUT2D eigenvalue weighted by atomic mass is 16.2. The van der Waals surface area contributed by atoms with Gasteiger partial charge in [0.1, 0.15) is 0 Å². The van der Waals surface area contributed by atoms with E-state index < -0.39 is 5.54 Å². The molecule has 3 N–H and O–H groups in total. The number of amides is 1. The average molecular weight is 240 g/mol. The van der Waals surface area contributed by atoms with E-state index in [-0.39, 0.29) is 11.3 Å². The van der Waals surface area contributed by atoms with Gasteiger partial charge in [0, 0.05) is 6.54 Å². The summed E-state index contributed by atoms with van der Waals surface area (Å²) < 4.78 is 0. The summed E-state index contributed by atoms with van der Waals surface area (Å²) in [5, 5.41) is 3.04. The van der Waals surface area contributed by atoms with E-state index in [1.807, 2.05) is 0 Å². The molecule has 0 radical (unpaired) electrons. The second-order valence-corrected chi connectivity index (χ2v) is 6.69. The molecule has 0 aromatic carbocycles. The van der Waals surface area contributed by atoms with Gasteiger partial charge < -0.3 is 11.1 Å². The molecule has 0 spiro atoms. The predicted molar refractivity (Wildman–Crippen MR) is 71.6 cm³/mol. The van der Waals surface area contributed by atoms with Gasteiger partial charge in [0.2, 0.25) is 5.91 Å². The molecule has 17 heavy (non-hydrogen) atoms. The van der Waals surface area contributed by atoms with Crippen LogP contribution < -0.4 is 11.1 Å². The minimum absolute atomic E-state index is 0.0494. The fourth-order valence-electron chi connectivity index (χ4n) is 2.14. The molecule has 0 aromatic rings. The lowest BCUT2D eigenvalue weighted by atomic mass is 9.80. The molecule has 1 aliphatic carbocycles. The van der Waals surface area contributed by atoms with Gasteiger partial charge in [-0.05, 0) is 24.2 Å². The summed E-state index contributed by atoms with van der Waals surface area (Å²) in [4.78, 5) is 12.1. The van der Waals surface area contributed by atoms with Crippen molar-refractivity contribution in [3.05, 3.63) is 0 Å². The van der Waals surface area contributed by atoms with Crippen LogP contribution in [-0.4, -0.2) is 18.0 Å². The number of nitrogens with two attached hydrogens (primary N) is 1. The van der Waals surface area contributed by atoms with Gasteiger partial charge >= 0.3 is 0 Å². The van der Waals surface area contributed by atoms with Crippen LogP contribution in [0.1, 0.15) is 59.8 Å². The summed E-state index contributed by atoms with van der Waals surface area (Å²) >= 11 is 0. The average Bonchev–Trinajstić information content (AvgIpc) is 2.25. The van der Waals surface area contributed by atoms with E-state index in [1.165, 1.54) is 6.42 Å². The third-order valence-corrected chi connectivity index (χ3v) is 4.25. The highest BCUT2D eigenvalue weighted by molar-refractivity contribution is 5.86. The maximum Gasteiger partial charge on any atom is 0.240 e. The van der Waals surface area contributed by atoms with Gasteiger partial charge in [0.05, 0.1) is 5.54 Å². The molecular formula is C14H28N2O. The highest BCUT2D eigenvalue weighted by Crippen LogP contribution is 2.27. The number of rotatable bonds is 3. The molecule has 0 saturated heterocycles. The zero-order chi connectivity index (χ0) is 13.1. The molecule has 0 aromatic heterocycles. The molecule has 0 bridgehead atoms. The Bertz CT molecular complexity index is 262. The Morgan fingerprint density at radius 3 is 2.29 bits per heavy atom. The minimum atomic E-state index is -0.601. The van der Waals surface area contributed by atoms with Crippen LogP contribution in [-0.2, 0) is 4.79 Å². The van der Waals surface area contributed by atoms with E-state index in [0.717, 1.165) is 32.2 Å².